The van der Waals surface area contributed by atoms with Gasteiger partial charge >= 0.3 is 0 Å². The second-order valence-electron chi connectivity index (χ2n) is 6.72. The molecule has 1 heterocycles. The van der Waals surface area contributed by atoms with Crippen molar-refractivity contribution in [3.63, 3.8) is 0 Å². The minimum absolute atomic E-state index is 0.0755. The Kier molecular flexibility index (Phi) is 5.60. The predicted molar refractivity (Wildman–Crippen MR) is 105 cm³/mol. The number of nitrogens with zero attached hydrogens (tertiary/aromatic N) is 1. The number of methoxy groups -OCH3 is 1. The molecule has 27 heavy (non-hydrogen) atoms. The Hall–Kier alpha value is -3.08. The number of carbonyl (C=O) groups is 1. The van der Waals surface area contributed by atoms with Gasteiger partial charge in [-0.1, -0.05) is 47.1 Å². The molecule has 1 N–H and O–H groups in total. The Labute approximate surface area is 159 Å². The highest BCUT2D eigenvalue weighted by Crippen LogP contribution is 2.26. The summed E-state index contributed by atoms with van der Waals surface area (Å²) in [5, 5.41) is 7.16. The molecule has 5 heteroatoms. The van der Waals surface area contributed by atoms with Gasteiger partial charge in [-0.15, -0.1) is 0 Å². The molecule has 1 aromatic heterocycles. The molecule has 0 saturated carbocycles. The number of amides is 1. The number of ether oxygens (including phenoxy) is 1. The quantitative estimate of drug-likeness (QED) is 0.707. The van der Waals surface area contributed by atoms with Crippen molar-refractivity contribution in [1.82, 2.24) is 10.5 Å². The Morgan fingerprint density at radius 3 is 2.70 bits per heavy atom. The van der Waals surface area contributed by atoms with Crippen LogP contribution >= 0.6 is 0 Å². The summed E-state index contributed by atoms with van der Waals surface area (Å²) in [4.78, 5) is 12.9. The van der Waals surface area contributed by atoms with E-state index in [1.807, 2.05) is 62.4 Å². The van der Waals surface area contributed by atoms with Crippen LogP contribution in [0.15, 0.2) is 53.1 Å². The summed E-state index contributed by atoms with van der Waals surface area (Å²) >= 11 is 0. The highest BCUT2D eigenvalue weighted by Gasteiger charge is 2.23. The number of hydrogen-bond donors (Lipinski definition) is 1. The van der Waals surface area contributed by atoms with Crippen LogP contribution in [-0.2, 0) is 6.42 Å². The first-order valence-electron chi connectivity index (χ1n) is 8.95. The second-order valence-corrected chi connectivity index (χ2v) is 6.72. The van der Waals surface area contributed by atoms with Gasteiger partial charge in [0.1, 0.15) is 22.8 Å². The number of aryl methyl sites for hydroxylation is 2. The molecule has 0 aliphatic heterocycles. The van der Waals surface area contributed by atoms with E-state index in [0.717, 1.165) is 22.4 Å². The summed E-state index contributed by atoms with van der Waals surface area (Å²) in [7, 11) is 1.65. The van der Waals surface area contributed by atoms with Crippen molar-refractivity contribution >= 4 is 5.91 Å². The van der Waals surface area contributed by atoms with Crippen molar-refractivity contribution in [1.29, 1.82) is 0 Å². The third-order valence-corrected chi connectivity index (χ3v) is 4.48. The summed E-state index contributed by atoms with van der Waals surface area (Å²) in [5.74, 6) is 1.14. The Bertz CT molecular complexity index is 946. The summed E-state index contributed by atoms with van der Waals surface area (Å²) in [6.07, 6.45) is 0.667. The van der Waals surface area contributed by atoms with Crippen LogP contribution in [-0.4, -0.2) is 24.2 Å². The lowest BCUT2D eigenvalue weighted by atomic mass is 10.0. The van der Waals surface area contributed by atoms with E-state index in [1.54, 1.807) is 14.0 Å². The van der Waals surface area contributed by atoms with Gasteiger partial charge in [0.2, 0.25) is 0 Å². The van der Waals surface area contributed by atoms with Gasteiger partial charge in [0, 0.05) is 11.6 Å². The molecule has 140 valence electrons. The molecule has 1 amide bonds. The molecule has 0 fully saturated rings. The number of para-hydroxylation sites is 1. The molecule has 0 aliphatic rings. The molecule has 1 atom stereocenters. The van der Waals surface area contributed by atoms with E-state index in [2.05, 4.69) is 10.5 Å². The van der Waals surface area contributed by atoms with Crippen LogP contribution < -0.4 is 10.1 Å². The monoisotopic (exact) mass is 364 g/mol. The van der Waals surface area contributed by atoms with Crippen LogP contribution in [0, 0.1) is 13.8 Å². The predicted octanol–water partition coefficient (Wildman–Crippen LogP) is 4.33. The van der Waals surface area contributed by atoms with Crippen LogP contribution in [0.2, 0.25) is 0 Å². The van der Waals surface area contributed by atoms with Gasteiger partial charge in [-0.05, 0) is 44.9 Å². The van der Waals surface area contributed by atoms with Crippen LogP contribution in [0.1, 0.15) is 34.2 Å². The first-order chi connectivity index (χ1) is 13.0. The number of benzene rings is 2. The van der Waals surface area contributed by atoms with E-state index in [4.69, 9.17) is 9.26 Å². The number of rotatable bonds is 6. The van der Waals surface area contributed by atoms with Crippen LogP contribution in [0.25, 0.3) is 11.3 Å². The SMILES string of the molecule is COc1ccccc1C[C@@H](C)NC(=O)c1c(-c2cccc(C)c2)noc1C. The average molecular weight is 364 g/mol. The molecule has 3 aromatic rings. The molecule has 0 unspecified atom stereocenters. The molecule has 0 saturated heterocycles. The maximum Gasteiger partial charge on any atom is 0.257 e. The Balaban J connectivity index is 1.79. The van der Waals surface area contributed by atoms with Gasteiger partial charge in [0.15, 0.2) is 0 Å². The normalized spacial score (nSPS) is 11.9. The van der Waals surface area contributed by atoms with Crippen molar-refractivity contribution in [2.75, 3.05) is 7.11 Å². The van der Waals surface area contributed by atoms with E-state index in [1.165, 1.54) is 0 Å². The lowest BCUT2D eigenvalue weighted by molar-refractivity contribution is 0.0939. The minimum Gasteiger partial charge on any atom is -0.496 e. The highest BCUT2D eigenvalue weighted by atomic mass is 16.5. The van der Waals surface area contributed by atoms with Crippen molar-refractivity contribution in [3.05, 3.63) is 71.0 Å². The average Bonchev–Trinajstić information content (AvgIpc) is 3.03. The summed E-state index contributed by atoms with van der Waals surface area (Å²) in [6.45, 7) is 5.73. The summed E-state index contributed by atoms with van der Waals surface area (Å²) in [5.41, 5.74) is 4.07. The topological polar surface area (TPSA) is 64.4 Å². The zero-order valence-corrected chi connectivity index (χ0v) is 16.1. The zero-order chi connectivity index (χ0) is 19.4. The fourth-order valence-corrected chi connectivity index (χ4v) is 3.18. The molecule has 0 aliphatic carbocycles. The summed E-state index contributed by atoms with van der Waals surface area (Å²) < 4.78 is 10.7. The van der Waals surface area contributed by atoms with Gasteiger partial charge in [-0.2, -0.15) is 0 Å². The fourth-order valence-electron chi connectivity index (χ4n) is 3.18. The first-order valence-corrected chi connectivity index (χ1v) is 8.95. The van der Waals surface area contributed by atoms with Gasteiger partial charge in [0.05, 0.1) is 7.11 Å². The molecule has 0 bridgehead atoms. The fraction of sp³-hybridized carbons (Fsp3) is 0.273. The van der Waals surface area contributed by atoms with Crippen LogP contribution in [0.4, 0.5) is 0 Å². The molecular formula is C22H24N2O3. The number of aromatic nitrogens is 1. The van der Waals surface area contributed by atoms with Crippen LogP contribution in [0.5, 0.6) is 5.75 Å². The van der Waals surface area contributed by atoms with E-state index >= 15 is 0 Å². The van der Waals surface area contributed by atoms with E-state index in [9.17, 15) is 4.79 Å². The van der Waals surface area contributed by atoms with E-state index in [0.29, 0.717) is 23.4 Å². The van der Waals surface area contributed by atoms with E-state index < -0.39 is 0 Å². The second kappa shape index (κ2) is 8.08. The maximum absolute atomic E-state index is 12.9. The Morgan fingerprint density at radius 1 is 1.19 bits per heavy atom. The molecule has 0 radical (unpaired) electrons. The van der Waals surface area contributed by atoms with Crippen molar-refractivity contribution in [2.24, 2.45) is 0 Å². The molecule has 0 spiro atoms. The zero-order valence-electron chi connectivity index (χ0n) is 16.1. The standard InChI is InChI=1S/C22H24N2O3/c1-14-8-7-10-18(12-14)21-20(16(3)27-24-21)22(25)23-15(2)13-17-9-5-6-11-19(17)26-4/h5-12,15H,13H2,1-4H3,(H,23,25)/t15-/m1/s1. The third kappa shape index (κ3) is 4.19. The highest BCUT2D eigenvalue weighted by molar-refractivity contribution is 6.00. The number of carbonyl (C=O) groups excluding carboxylic acids is 1. The largest absolute Gasteiger partial charge is 0.496 e. The maximum atomic E-state index is 12.9. The third-order valence-electron chi connectivity index (χ3n) is 4.48. The van der Waals surface area contributed by atoms with Crippen molar-refractivity contribution in [3.8, 4) is 17.0 Å². The van der Waals surface area contributed by atoms with Crippen LogP contribution in [0.3, 0.4) is 0 Å². The molecule has 3 rings (SSSR count). The van der Waals surface area contributed by atoms with Gasteiger partial charge in [-0.25, -0.2) is 0 Å². The van der Waals surface area contributed by atoms with Crippen molar-refractivity contribution < 1.29 is 14.1 Å². The van der Waals surface area contributed by atoms with E-state index in [-0.39, 0.29) is 11.9 Å². The summed E-state index contributed by atoms with van der Waals surface area (Å²) in [6, 6.07) is 15.6. The minimum atomic E-state index is -0.187. The lowest BCUT2D eigenvalue weighted by Crippen LogP contribution is -2.34. The van der Waals surface area contributed by atoms with Gasteiger partial charge in [0.25, 0.3) is 5.91 Å². The lowest BCUT2D eigenvalue weighted by Gasteiger charge is -2.16. The van der Waals surface area contributed by atoms with Gasteiger partial charge < -0.3 is 14.6 Å². The van der Waals surface area contributed by atoms with Gasteiger partial charge in [-0.3, -0.25) is 4.79 Å². The number of nitrogens with one attached hydrogen (secondary N) is 1. The molecule has 2 aromatic carbocycles. The first kappa shape index (κ1) is 18.7. The smallest absolute Gasteiger partial charge is 0.257 e. The van der Waals surface area contributed by atoms with Crippen molar-refractivity contribution in [2.45, 2.75) is 33.2 Å². The molecular weight excluding hydrogens is 340 g/mol. The molecule has 5 nitrogen and oxygen atoms in total. The number of hydrogen-bond acceptors (Lipinski definition) is 4. The Morgan fingerprint density at radius 2 is 1.96 bits per heavy atom.